The van der Waals surface area contributed by atoms with Gasteiger partial charge in [-0.15, -0.1) is 0 Å². The molecule has 0 fully saturated rings. The Bertz CT molecular complexity index is 549. The van der Waals surface area contributed by atoms with Gasteiger partial charge in [-0.3, -0.25) is 0 Å². The fourth-order valence-corrected chi connectivity index (χ4v) is 3.51. The highest BCUT2D eigenvalue weighted by Gasteiger charge is 2.14. The number of aryl methyl sites for hydroxylation is 6. The maximum Gasteiger partial charge on any atom is 0.0467 e. The Balaban J connectivity index is 2.61. The minimum atomic E-state index is 1.32. The molecule has 0 aliphatic heterocycles. The zero-order chi connectivity index (χ0) is 15.0. The molecule has 0 heterocycles. The summed E-state index contributed by atoms with van der Waals surface area (Å²) in [6, 6.07) is 9.05. The molecule has 1 nitrogen and oxygen atoms in total. The largest absolute Gasteiger partial charge is 0.344 e. The van der Waals surface area contributed by atoms with Gasteiger partial charge in [0.05, 0.1) is 0 Å². The number of anilines is 2. The molecular formula is C19H25N. The Morgan fingerprint density at radius 3 is 1.05 bits per heavy atom. The van der Waals surface area contributed by atoms with Crippen LogP contribution in [0, 0.1) is 41.5 Å². The first kappa shape index (κ1) is 14.6. The first-order valence-corrected chi connectivity index (χ1v) is 7.20. The quantitative estimate of drug-likeness (QED) is 0.713. The average Bonchev–Trinajstić information content (AvgIpc) is 2.25. The molecule has 2 aromatic carbocycles. The Kier molecular flexibility index (Phi) is 3.89. The fraction of sp³-hybridized carbons (Fsp3) is 0.368. The van der Waals surface area contributed by atoms with E-state index in [-0.39, 0.29) is 0 Å². The van der Waals surface area contributed by atoms with Crippen molar-refractivity contribution in [1.29, 1.82) is 0 Å². The van der Waals surface area contributed by atoms with Crippen molar-refractivity contribution in [2.24, 2.45) is 0 Å². The van der Waals surface area contributed by atoms with E-state index in [1.165, 1.54) is 44.8 Å². The van der Waals surface area contributed by atoms with Gasteiger partial charge in [0.15, 0.2) is 0 Å². The van der Waals surface area contributed by atoms with Gasteiger partial charge in [-0.2, -0.15) is 0 Å². The van der Waals surface area contributed by atoms with Crippen LogP contribution in [0.25, 0.3) is 0 Å². The third-order valence-corrected chi connectivity index (χ3v) is 3.94. The van der Waals surface area contributed by atoms with Crippen molar-refractivity contribution in [1.82, 2.24) is 0 Å². The molecule has 0 spiro atoms. The summed E-state index contributed by atoms with van der Waals surface area (Å²) in [7, 11) is 2.18. The van der Waals surface area contributed by atoms with E-state index in [1.54, 1.807) is 0 Å². The van der Waals surface area contributed by atoms with E-state index < -0.39 is 0 Å². The van der Waals surface area contributed by atoms with Crippen LogP contribution in [0.2, 0.25) is 0 Å². The van der Waals surface area contributed by atoms with Gasteiger partial charge < -0.3 is 4.90 Å². The predicted octanol–water partition coefficient (Wildman–Crippen LogP) is 5.31. The highest BCUT2D eigenvalue weighted by atomic mass is 15.1. The monoisotopic (exact) mass is 267 g/mol. The van der Waals surface area contributed by atoms with Crippen molar-refractivity contribution in [3.63, 3.8) is 0 Å². The van der Waals surface area contributed by atoms with Gasteiger partial charge in [0, 0.05) is 18.4 Å². The molecule has 0 saturated carbocycles. The third-order valence-electron chi connectivity index (χ3n) is 3.94. The Labute approximate surface area is 123 Å². The number of hydrogen-bond donors (Lipinski definition) is 0. The molecule has 0 aliphatic rings. The molecule has 0 unspecified atom stereocenters. The summed E-state index contributed by atoms with van der Waals surface area (Å²) < 4.78 is 0. The Morgan fingerprint density at radius 1 is 0.550 bits per heavy atom. The first-order valence-electron chi connectivity index (χ1n) is 7.20. The van der Waals surface area contributed by atoms with Crippen LogP contribution in [0.15, 0.2) is 24.3 Å². The van der Waals surface area contributed by atoms with Gasteiger partial charge in [-0.05, 0) is 63.8 Å². The van der Waals surface area contributed by atoms with Crippen molar-refractivity contribution in [2.45, 2.75) is 41.5 Å². The minimum Gasteiger partial charge on any atom is -0.344 e. The summed E-state index contributed by atoms with van der Waals surface area (Å²) >= 11 is 0. The van der Waals surface area contributed by atoms with E-state index in [2.05, 4.69) is 77.8 Å². The summed E-state index contributed by atoms with van der Waals surface area (Å²) in [6.07, 6.45) is 0. The summed E-state index contributed by atoms with van der Waals surface area (Å²) in [5.74, 6) is 0. The SMILES string of the molecule is Cc1cc(C)c(N(C)c2c(C)cc(C)cc2C)c(C)c1. The van der Waals surface area contributed by atoms with Crippen LogP contribution < -0.4 is 4.90 Å². The van der Waals surface area contributed by atoms with Crippen LogP contribution in [0.5, 0.6) is 0 Å². The van der Waals surface area contributed by atoms with Crippen molar-refractivity contribution < 1.29 is 0 Å². The molecule has 1 heteroatoms. The molecule has 0 aromatic heterocycles. The first-order chi connectivity index (χ1) is 9.31. The van der Waals surface area contributed by atoms with E-state index in [0.29, 0.717) is 0 Å². The van der Waals surface area contributed by atoms with Crippen LogP contribution in [-0.4, -0.2) is 7.05 Å². The number of hydrogen-bond acceptors (Lipinski definition) is 1. The molecule has 0 aliphatic carbocycles. The van der Waals surface area contributed by atoms with Crippen LogP contribution in [0.3, 0.4) is 0 Å². The second-order valence-electron chi connectivity index (χ2n) is 6.05. The summed E-state index contributed by atoms with van der Waals surface area (Å²) in [4.78, 5) is 2.34. The zero-order valence-electron chi connectivity index (χ0n) is 13.8. The number of rotatable bonds is 2. The molecular weight excluding hydrogens is 242 g/mol. The van der Waals surface area contributed by atoms with Gasteiger partial charge in [-0.25, -0.2) is 0 Å². The summed E-state index contributed by atoms with van der Waals surface area (Å²) in [5, 5.41) is 0. The van der Waals surface area contributed by atoms with Crippen LogP contribution in [-0.2, 0) is 0 Å². The predicted molar refractivity (Wildman–Crippen MR) is 89.4 cm³/mol. The second-order valence-corrected chi connectivity index (χ2v) is 6.05. The lowest BCUT2D eigenvalue weighted by molar-refractivity contribution is 1.12. The molecule has 106 valence electrons. The molecule has 0 atom stereocenters. The van der Waals surface area contributed by atoms with E-state index in [0.717, 1.165) is 0 Å². The molecule has 2 rings (SSSR count). The minimum absolute atomic E-state index is 1.32. The zero-order valence-corrected chi connectivity index (χ0v) is 13.8. The van der Waals surface area contributed by atoms with Crippen molar-refractivity contribution >= 4 is 11.4 Å². The molecule has 0 radical (unpaired) electrons. The van der Waals surface area contributed by atoms with Gasteiger partial charge >= 0.3 is 0 Å². The summed E-state index contributed by atoms with van der Waals surface area (Å²) in [5.41, 5.74) is 10.7. The summed E-state index contributed by atoms with van der Waals surface area (Å²) in [6.45, 7) is 13.1. The molecule has 2 aromatic rings. The van der Waals surface area contributed by atoms with E-state index in [4.69, 9.17) is 0 Å². The van der Waals surface area contributed by atoms with Gasteiger partial charge in [-0.1, -0.05) is 35.4 Å². The van der Waals surface area contributed by atoms with Gasteiger partial charge in [0.1, 0.15) is 0 Å². The highest BCUT2D eigenvalue weighted by molar-refractivity contribution is 5.74. The van der Waals surface area contributed by atoms with Crippen molar-refractivity contribution in [2.75, 3.05) is 11.9 Å². The smallest absolute Gasteiger partial charge is 0.0467 e. The molecule has 0 amide bonds. The number of nitrogens with zero attached hydrogens (tertiary/aromatic N) is 1. The lowest BCUT2D eigenvalue weighted by Gasteiger charge is -2.28. The lowest BCUT2D eigenvalue weighted by atomic mass is 10.0. The maximum absolute atomic E-state index is 2.34. The topological polar surface area (TPSA) is 3.24 Å². The molecule has 20 heavy (non-hydrogen) atoms. The molecule has 0 bridgehead atoms. The van der Waals surface area contributed by atoms with Crippen LogP contribution >= 0.6 is 0 Å². The number of benzene rings is 2. The van der Waals surface area contributed by atoms with Crippen LogP contribution in [0.4, 0.5) is 11.4 Å². The van der Waals surface area contributed by atoms with Gasteiger partial charge in [0.25, 0.3) is 0 Å². The van der Waals surface area contributed by atoms with Crippen molar-refractivity contribution in [3.05, 3.63) is 57.6 Å². The fourth-order valence-electron chi connectivity index (χ4n) is 3.51. The average molecular weight is 267 g/mol. The Hall–Kier alpha value is -1.76. The highest BCUT2D eigenvalue weighted by Crippen LogP contribution is 2.35. The van der Waals surface area contributed by atoms with Crippen molar-refractivity contribution in [3.8, 4) is 0 Å². The maximum atomic E-state index is 2.34. The standard InChI is InChI=1S/C19H25N/c1-12-8-14(3)18(15(4)9-12)20(7)19-16(5)10-13(2)11-17(19)6/h8-11H,1-7H3. The van der Waals surface area contributed by atoms with E-state index >= 15 is 0 Å². The van der Waals surface area contributed by atoms with E-state index in [1.807, 2.05) is 0 Å². The molecule has 0 N–H and O–H groups in total. The van der Waals surface area contributed by atoms with E-state index in [9.17, 15) is 0 Å². The van der Waals surface area contributed by atoms with Crippen LogP contribution in [0.1, 0.15) is 33.4 Å². The Morgan fingerprint density at radius 2 is 0.800 bits per heavy atom. The normalized spacial score (nSPS) is 10.8. The molecule has 0 saturated heterocycles. The van der Waals surface area contributed by atoms with Gasteiger partial charge in [0.2, 0.25) is 0 Å². The lowest BCUT2D eigenvalue weighted by Crippen LogP contribution is -2.15. The second kappa shape index (κ2) is 5.32. The third kappa shape index (κ3) is 2.58.